The minimum Gasteiger partial charge on any atom is -0.389 e. The zero-order valence-corrected chi connectivity index (χ0v) is 11.4. The van der Waals surface area contributed by atoms with Gasteiger partial charge in [0.25, 0.3) is 0 Å². The van der Waals surface area contributed by atoms with Crippen LogP contribution in [0, 0.1) is 11.3 Å². The van der Waals surface area contributed by atoms with Crippen LogP contribution in [0.1, 0.15) is 53.9 Å². The van der Waals surface area contributed by atoms with Crippen LogP contribution < -0.4 is 0 Å². The second-order valence-corrected chi connectivity index (χ2v) is 5.59. The van der Waals surface area contributed by atoms with E-state index in [-0.39, 0.29) is 6.10 Å². The zero-order valence-electron chi connectivity index (χ0n) is 11.4. The molecule has 1 aliphatic rings. The minimum atomic E-state index is -0.288. The number of hydrogen-bond donors (Lipinski definition) is 1. The van der Waals surface area contributed by atoms with Crippen molar-refractivity contribution in [3.63, 3.8) is 0 Å². The van der Waals surface area contributed by atoms with Crippen LogP contribution in [0.5, 0.6) is 0 Å². The Morgan fingerprint density at radius 1 is 1.62 bits per heavy atom. The van der Waals surface area contributed by atoms with Crippen LogP contribution in [-0.2, 0) is 0 Å². The largest absolute Gasteiger partial charge is 0.389 e. The van der Waals surface area contributed by atoms with Crippen molar-refractivity contribution in [1.82, 2.24) is 0 Å². The Labute approximate surface area is 100 Å². The van der Waals surface area contributed by atoms with Crippen LogP contribution in [0.4, 0.5) is 0 Å². The lowest BCUT2D eigenvalue weighted by Gasteiger charge is -2.29. The summed E-state index contributed by atoms with van der Waals surface area (Å²) in [6.45, 7) is 10.9. The van der Waals surface area contributed by atoms with E-state index in [0.29, 0.717) is 11.3 Å². The first-order chi connectivity index (χ1) is 7.39. The van der Waals surface area contributed by atoms with Gasteiger partial charge >= 0.3 is 0 Å². The van der Waals surface area contributed by atoms with Gasteiger partial charge in [0.15, 0.2) is 0 Å². The highest BCUT2D eigenvalue weighted by molar-refractivity contribution is 5.19. The molecular weight excluding hydrogens is 196 g/mol. The van der Waals surface area contributed by atoms with Crippen molar-refractivity contribution in [3.8, 4) is 0 Å². The Balaban J connectivity index is 2.64. The Hall–Kier alpha value is -0.560. The van der Waals surface area contributed by atoms with Gasteiger partial charge in [0.2, 0.25) is 0 Å². The predicted octanol–water partition coefficient (Wildman–Crippen LogP) is 4.09. The third-order valence-electron chi connectivity index (χ3n) is 4.35. The maximum Gasteiger partial charge on any atom is 0.0721 e. The van der Waals surface area contributed by atoms with Gasteiger partial charge in [-0.25, -0.2) is 0 Å². The van der Waals surface area contributed by atoms with Crippen molar-refractivity contribution in [1.29, 1.82) is 0 Å². The van der Waals surface area contributed by atoms with Crippen molar-refractivity contribution >= 4 is 0 Å². The zero-order chi connectivity index (χ0) is 12.3. The number of aliphatic hydroxyl groups excluding tert-OH is 1. The van der Waals surface area contributed by atoms with Gasteiger partial charge in [-0.15, -0.1) is 0 Å². The monoisotopic (exact) mass is 222 g/mol. The van der Waals surface area contributed by atoms with Gasteiger partial charge in [-0.3, -0.25) is 0 Å². The maximum atomic E-state index is 9.59. The molecule has 0 aromatic carbocycles. The molecule has 0 saturated heterocycles. The molecule has 2 unspecified atom stereocenters. The van der Waals surface area contributed by atoms with Gasteiger partial charge in [0.05, 0.1) is 6.10 Å². The quantitative estimate of drug-likeness (QED) is 0.710. The van der Waals surface area contributed by atoms with Crippen molar-refractivity contribution in [2.45, 2.75) is 60.0 Å². The lowest BCUT2D eigenvalue weighted by atomic mass is 9.76. The highest BCUT2D eigenvalue weighted by Crippen LogP contribution is 2.44. The van der Waals surface area contributed by atoms with E-state index in [2.05, 4.69) is 39.8 Å². The molecule has 0 aliphatic heterocycles. The molecule has 0 spiro atoms. The second kappa shape index (κ2) is 5.18. The fourth-order valence-electron chi connectivity index (χ4n) is 2.49. The summed E-state index contributed by atoms with van der Waals surface area (Å²) < 4.78 is 0. The van der Waals surface area contributed by atoms with E-state index in [1.807, 2.05) is 6.92 Å². The summed E-state index contributed by atoms with van der Waals surface area (Å²) in [5.74, 6) is 0.702. The van der Waals surface area contributed by atoms with Crippen LogP contribution >= 0.6 is 0 Å². The topological polar surface area (TPSA) is 20.2 Å². The summed E-state index contributed by atoms with van der Waals surface area (Å²) in [6, 6.07) is 0. The average Bonchev–Trinajstić information content (AvgIpc) is 2.44. The third kappa shape index (κ3) is 2.76. The first kappa shape index (κ1) is 13.5. The SMILES string of the molecule is CCC(=CCC1CC=C(C)C1(C)C)C(C)O. The average molecular weight is 222 g/mol. The van der Waals surface area contributed by atoms with E-state index in [1.165, 1.54) is 17.6 Å². The summed E-state index contributed by atoms with van der Waals surface area (Å²) in [6.07, 6.45) is 7.57. The van der Waals surface area contributed by atoms with Gasteiger partial charge in [-0.2, -0.15) is 0 Å². The molecule has 1 N–H and O–H groups in total. The minimum absolute atomic E-state index is 0.288. The summed E-state index contributed by atoms with van der Waals surface area (Å²) in [7, 11) is 0. The third-order valence-corrected chi connectivity index (χ3v) is 4.35. The molecule has 0 bridgehead atoms. The fourth-order valence-corrected chi connectivity index (χ4v) is 2.49. The van der Waals surface area contributed by atoms with Gasteiger partial charge in [0, 0.05) is 0 Å². The van der Waals surface area contributed by atoms with Gasteiger partial charge in [-0.1, -0.05) is 38.5 Å². The molecule has 0 aromatic rings. The van der Waals surface area contributed by atoms with E-state index in [1.54, 1.807) is 0 Å². The summed E-state index contributed by atoms with van der Waals surface area (Å²) in [4.78, 5) is 0. The van der Waals surface area contributed by atoms with Gasteiger partial charge in [0.1, 0.15) is 0 Å². The molecular formula is C15H26O. The first-order valence-corrected chi connectivity index (χ1v) is 6.43. The fraction of sp³-hybridized carbons (Fsp3) is 0.733. The van der Waals surface area contributed by atoms with E-state index in [9.17, 15) is 5.11 Å². The molecule has 0 aromatic heterocycles. The number of allylic oxidation sites excluding steroid dienone is 3. The maximum absolute atomic E-state index is 9.59. The molecule has 1 heteroatoms. The molecule has 0 amide bonds. The lowest BCUT2D eigenvalue weighted by Crippen LogP contribution is -2.20. The number of rotatable bonds is 4. The molecule has 0 saturated carbocycles. The Bertz CT molecular complexity index is 295. The van der Waals surface area contributed by atoms with E-state index in [4.69, 9.17) is 0 Å². The van der Waals surface area contributed by atoms with Crippen molar-refractivity contribution in [2.75, 3.05) is 0 Å². The highest BCUT2D eigenvalue weighted by atomic mass is 16.3. The Morgan fingerprint density at radius 2 is 2.25 bits per heavy atom. The summed E-state index contributed by atoms with van der Waals surface area (Å²) in [5, 5.41) is 9.59. The van der Waals surface area contributed by atoms with Crippen molar-refractivity contribution in [3.05, 3.63) is 23.3 Å². The van der Waals surface area contributed by atoms with Crippen LogP contribution in [0.2, 0.25) is 0 Å². The molecule has 1 rings (SSSR count). The van der Waals surface area contributed by atoms with Crippen molar-refractivity contribution in [2.24, 2.45) is 11.3 Å². The van der Waals surface area contributed by atoms with Crippen LogP contribution in [0.25, 0.3) is 0 Å². The predicted molar refractivity (Wildman–Crippen MR) is 70.3 cm³/mol. The molecule has 0 fully saturated rings. The second-order valence-electron chi connectivity index (χ2n) is 5.59. The van der Waals surface area contributed by atoms with Crippen LogP contribution in [0.15, 0.2) is 23.3 Å². The van der Waals surface area contributed by atoms with Crippen LogP contribution in [-0.4, -0.2) is 11.2 Å². The number of aliphatic hydroxyl groups is 1. The van der Waals surface area contributed by atoms with E-state index in [0.717, 1.165) is 12.8 Å². The van der Waals surface area contributed by atoms with E-state index < -0.39 is 0 Å². The normalized spacial score (nSPS) is 26.8. The molecule has 1 aliphatic carbocycles. The standard InChI is InChI=1S/C15H26O/c1-6-13(12(3)16)8-10-14-9-7-11(2)15(14,4)5/h7-8,12,14,16H,6,9-10H2,1-5H3. The number of hydrogen-bond acceptors (Lipinski definition) is 1. The molecule has 2 atom stereocenters. The molecule has 16 heavy (non-hydrogen) atoms. The van der Waals surface area contributed by atoms with Gasteiger partial charge in [-0.05, 0) is 50.0 Å². The molecule has 92 valence electrons. The van der Waals surface area contributed by atoms with Crippen molar-refractivity contribution < 1.29 is 5.11 Å². The van der Waals surface area contributed by atoms with Gasteiger partial charge < -0.3 is 5.11 Å². The first-order valence-electron chi connectivity index (χ1n) is 6.43. The lowest BCUT2D eigenvalue weighted by molar-refractivity contribution is 0.226. The highest BCUT2D eigenvalue weighted by Gasteiger charge is 2.33. The smallest absolute Gasteiger partial charge is 0.0721 e. The Morgan fingerprint density at radius 3 is 2.62 bits per heavy atom. The van der Waals surface area contributed by atoms with Crippen LogP contribution in [0.3, 0.4) is 0 Å². The summed E-state index contributed by atoms with van der Waals surface area (Å²) >= 11 is 0. The van der Waals surface area contributed by atoms with E-state index >= 15 is 0 Å². The molecule has 0 radical (unpaired) electrons. The molecule has 1 nitrogen and oxygen atoms in total. The molecule has 0 heterocycles. The Kier molecular flexibility index (Phi) is 4.37. The summed E-state index contributed by atoms with van der Waals surface area (Å²) in [5.41, 5.74) is 3.02.